The maximum atomic E-state index is 13.5. The lowest BCUT2D eigenvalue weighted by Gasteiger charge is -2.28. The van der Waals surface area contributed by atoms with Gasteiger partial charge in [0.15, 0.2) is 5.78 Å². The number of ether oxygens (including phenoxy) is 1. The molecule has 2 fully saturated rings. The molecule has 1 aliphatic carbocycles. The van der Waals surface area contributed by atoms with E-state index < -0.39 is 0 Å². The number of anilines is 1. The standard InChI is InChI=1S/C31H41N3O4.BrH/c1-18(35)33-21-8-10-22(11-9-21)38-23-12-20-16-34(29(32)24(20)15-23)17-27(36)19-13-25(30(2,3)4)28(37)26(14-19)31(5,6)7;/h8-11,13-14,20,23-24,32,37H,12,15-17H2,1-7H3,(H,33,35);1H. The topological polar surface area (TPSA) is 103 Å². The quantitative estimate of drug-likeness (QED) is 0.330. The van der Waals surface area contributed by atoms with E-state index in [2.05, 4.69) is 5.32 Å². The molecule has 1 saturated carbocycles. The van der Waals surface area contributed by atoms with Gasteiger partial charge in [0.1, 0.15) is 11.5 Å². The molecule has 3 N–H and O–H groups in total. The second-order valence-electron chi connectivity index (χ2n) is 12.9. The van der Waals surface area contributed by atoms with E-state index in [1.807, 2.05) is 82.8 Å². The van der Waals surface area contributed by atoms with Gasteiger partial charge in [-0.2, -0.15) is 0 Å². The van der Waals surface area contributed by atoms with E-state index in [1.54, 1.807) is 0 Å². The van der Waals surface area contributed by atoms with Gasteiger partial charge >= 0.3 is 0 Å². The summed E-state index contributed by atoms with van der Waals surface area (Å²) < 4.78 is 6.19. The number of Topliss-reactive ketones (excluding diaryl/α,β-unsaturated/α-hetero) is 1. The molecule has 2 aromatic carbocycles. The second kappa shape index (κ2) is 11.3. The molecule has 3 unspecified atom stereocenters. The van der Waals surface area contributed by atoms with Crippen LogP contribution in [0.25, 0.3) is 0 Å². The van der Waals surface area contributed by atoms with Crippen LogP contribution in [-0.4, -0.2) is 46.7 Å². The number of amidine groups is 1. The Kier molecular flexibility index (Phi) is 8.90. The number of amides is 1. The highest BCUT2D eigenvalue weighted by Crippen LogP contribution is 2.42. The zero-order valence-corrected chi connectivity index (χ0v) is 25.8. The molecule has 1 aliphatic heterocycles. The van der Waals surface area contributed by atoms with E-state index in [9.17, 15) is 14.7 Å². The van der Waals surface area contributed by atoms with Gasteiger partial charge in [-0.05, 0) is 66.0 Å². The fourth-order valence-corrected chi connectivity index (χ4v) is 5.69. The Morgan fingerprint density at radius 1 is 1.03 bits per heavy atom. The normalized spacial score (nSPS) is 20.8. The van der Waals surface area contributed by atoms with Crippen LogP contribution in [0.2, 0.25) is 0 Å². The molecule has 3 atom stereocenters. The van der Waals surface area contributed by atoms with Gasteiger partial charge < -0.3 is 20.1 Å². The number of aromatic hydroxyl groups is 1. The molecule has 7 nitrogen and oxygen atoms in total. The van der Waals surface area contributed by atoms with Crippen molar-refractivity contribution >= 4 is 40.2 Å². The maximum absolute atomic E-state index is 13.5. The number of hydrogen-bond donors (Lipinski definition) is 3. The summed E-state index contributed by atoms with van der Waals surface area (Å²) in [6, 6.07) is 11.0. The molecule has 0 aromatic heterocycles. The summed E-state index contributed by atoms with van der Waals surface area (Å²) in [6.45, 7) is 14.5. The third kappa shape index (κ3) is 6.83. The first-order valence-corrected chi connectivity index (χ1v) is 13.4. The second-order valence-corrected chi connectivity index (χ2v) is 12.9. The lowest BCUT2D eigenvalue weighted by molar-refractivity contribution is -0.114. The summed E-state index contributed by atoms with van der Waals surface area (Å²) in [7, 11) is 0. The zero-order valence-electron chi connectivity index (χ0n) is 24.1. The van der Waals surface area contributed by atoms with Crippen molar-refractivity contribution in [3.05, 3.63) is 53.1 Å². The van der Waals surface area contributed by atoms with Crippen molar-refractivity contribution in [2.75, 3.05) is 18.4 Å². The smallest absolute Gasteiger partial charge is 0.221 e. The molecule has 1 heterocycles. The van der Waals surface area contributed by atoms with E-state index in [0.29, 0.717) is 17.9 Å². The van der Waals surface area contributed by atoms with Gasteiger partial charge in [0, 0.05) is 41.8 Å². The fourth-order valence-electron chi connectivity index (χ4n) is 5.69. The van der Waals surface area contributed by atoms with Crippen molar-refractivity contribution in [3.8, 4) is 11.5 Å². The summed E-state index contributed by atoms with van der Waals surface area (Å²) >= 11 is 0. The molecule has 0 radical (unpaired) electrons. The number of halogens is 1. The molecule has 0 bridgehead atoms. The number of ketones is 1. The molecule has 1 amide bonds. The summed E-state index contributed by atoms with van der Waals surface area (Å²) in [5.41, 5.74) is 2.24. The van der Waals surface area contributed by atoms with Gasteiger partial charge in [-0.25, -0.2) is 0 Å². The van der Waals surface area contributed by atoms with Crippen LogP contribution in [0.15, 0.2) is 36.4 Å². The van der Waals surface area contributed by atoms with Crippen molar-refractivity contribution in [2.45, 2.75) is 78.2 Å². The van der Waals surface area contributed by atoms with Gasteiger partial charge in [0.2, 0.25) is 5.91 Å². The number of phenolic OH excluding ortho intramolecular Hbond substituents is 1. The molecule has 212 valence electrons. The summed E-state index contributed by atoms with van der Waals surface area (Å²) in [5, 5.41) is 22.6. The average molecular weight is 601 g/mol. The number of nitrogens with zero attached hydrogens (tertiary/aromatic N) is 1. The molecule has 1 saturated heterocycles. The summed E-state index contributed by atoms with van der Waals surface area (Å²) in [4.78, 5) is 26.6. The minimum Gasteiger partial charge on any atom is -0.507 e. The number of carbonyl (C=O) groups excluding carboxylic acids is 2. The van der Waals surface area contributed by atoms with Crippen LogP contribution >= 0.6 is 17.0 Å². The van der Waals surface area contributed by atoms with Crippen LogP contribution in [0, 0.1) is 17.2 Å². The number of nitrogens with one attached hydrogen (secondary N) is 2. The first-order valence-electron chi connectivity index (χ1n) is 13.4. The van der Waals surface area contributed by atoms with Crippen LogP contribution in [0.1, 0.15) is 82.8 Å². The summed E-state index contributed by atoms with van der Waals surface area (Å²) in [5.74, 6) is 1.76. The Hall–Kier alpha value is -2.87. The van der Waals surface area contributed by atoms with E-state index in [-0.39, 0.29) is 69.7 Å². The number of carbonyl (C=O) groups is 2. The number of rotatable bonds is 6. The SMILES string of the molecule is Br.CC(=O)Nc1ccc(OC2CC3CN(CC(=O)c4cc(C(C)(C)C)c(O)c(C(C)(C)C)c4)C(=N)C3C2)cc1. The van der Waals surface area contributed by atoms with E-state index in [1.165, 1.54) is 6.92 Å². The van der Waals surface area contributed by atoms with E-state index in [0.717, 1.165) is 35.4 Å². The van der Waals surface area contributed by atoms with E-state index in [4.69, 9.17) is 10.1 Å². The highest BCUT2D eigenvalue weighted by Gasteiger charge is 2.46. The third-order valence-corrected chi connectivity index (χ3v) is 7.66. The number of fused-ring (bicyclic) bond motifs is 1. The lowest BCUT2D eigenvalue weighted by Crippen LogP contribution is -2.34. The van der Waals surface area contributed by atoms with Crippen molar-refractivity contribution in [2.24, 2.45) is 11.8 Å². The fraction of sp³-hybridized carbons (Fsp3) is 0.516. The van der Waals surface area contributed by atoms with Crippen LogP contribution < -0.4 is 10.1 Å². The number of likely N-dealkylation sites (tertiary alicyclic amines) is 1. The first kappa shape index (κ1) is 30.7. The monoisotopic (exact) mass is 599 g/mol. The maximum Gasteiger partial charge on any atom is 0.221 e. The van der Waals surface area contributed by atoms with Crippen LogP contribution in [0.4, 0.5) is 5.69 Å². The molecule has 4 rings (SSSR count). The van der Waals surface area contributed by atoms with Crippen molar-refractivity contribution < 1.29 is 19.4 Å². The predicted molar refractivity (Wildman–Crippen MR) is 161 cm³/mol. The molecule has 39 heavy (non-hydrogen) atoms. The van der Waals surface area contributed by atoms with Gasteiger partial charge in [0.25, 0.3) is 0 Å². The molecule has 2 aromatic rings. The molecular formula is C31H42BrN3O4. The minimum atomic E-state index is -0.309. The Morgan fingerprint density at radius 3 is 2.08 bits per heavy atom. The zero-order chi connectivity index (χ0) is 28.0. The van der Waals surface area contributed by atoms with Gasteiger partial charge in [-0.15, -0.1) is 17.0 Å². The Labute approximate surface area is 242 Å². The Balaban J connectivity index is 0.00000420. The van der Waals surface area contributed by atoms with Gasteiger partial charge in [-0.3, -0.25) is 15.0 Å². The van der Waals surface area contributed by atoms with E-state index >= 15 is 0 Å². The minimum absolute atomic E-state index is 0. The van der Waals surface area contributed by atoms with Crippen molar-refractivity contribution in [1.29, 1.82) is 5.41 Å². The van der Waals surface area contributed by atoms with Gasteiger partial charge in [0.05, 0.1) is 18.5 Å². The molecular weight excluding hydrogens is 558 g/mol. The number of benzene rings is 2. The highest BCUT2D eigenvalue weighted by molar-refractivity contribution is 8.93. The Morgan fingerprint density at radius 2 is 1.59 bits per heavy atom. The largest absolute Gasteiger partial charge is 0.507 e. The molecule has 8 heteroatoms. The number of phenols is 1. The highest BCUT2D eigenvalue weighted by atomic mass is 79.9. The van der Waals surface area contributed by atoms with Crippen molar-refractivity contribution in [1.82, 2.24) is 4.90 Å². The third-order valence-electron chi connectivity index (χ3n) is 7.66. The molecule has 0 spiro atoms. The predicted octanol–water partition coefficient (Wildman–Crippen LogP) is 6.47. The summed E-state index contributed by atoms with van der Waals surface area (Å²) in [6.07, 6.45) is 1.62. The molecule has 2 aliphatic rings. The average Bonchev–Trinajstić information content (AvgIpc) is 3.31. The lowest BCUT2D eigenvalue weighted by atomic mass is 9.78. The first-order chi connectivity index (χ1) is 17.6. The van der Waals surface area contributed by atoms with Gasteiger partial charge in [-0.1, -0.05) is 41.5 Å². The van der Waals surface area contributed by atoms with Crippen LogP contribution in [-0.2, 0) is 15.6 Å². The van der Waals surface area contributed by atoms with Crippen LogP contribution in [0.3, 0.4) is 0 Å². The van der Waals surface area contributed by atoms with Crippen LogP contribution in [0.5, 0.6) is 11.5 Å². The number of hydrogen-bond acceptors (Lipinski definition) is 5. The Bertz CT molecular complexity index is 1210. The van der Waals surface area contributed by atoms with Crippen molar-refractivity contribution in [3.63, 3.8) is 0 Å².